The minimum absolute atomic E-state index is 0.0913. The molecular formula is C17H29N3O. The quantitative estimate of drug-likeness (QED) is 0.905. The van der Waals surface area contributed by atoms with Crippen LogP contribution in [-0.4, -0.2) is 43.7 Å². The number of aromatic nitrogens is 1. The van der Waals surface area contributed by atoms with E-state index in [2.05, 4.69) is 36.2 Å². The highest BCUT2D eigenvalue weighted by Gasteiger charge is 2.45. The van der Waals surface area contributed by atoms with Gasteiger partial charge in [-0.3, -0.25) is 4.98 Å². The molecule has 118 valence electrons. The number of pyridine rings is 1. The number of nitrogens with one attached hydrogen (secondary N) is 1. The van der Waals surface area contributed by atoms with Crippen molar-refractivity contribution in [3.8, 4) is 5.75 Å². The lowest BCUT2D eigenvalue weighted by atomic mass is 9.70. The Bertz CT molecular complexity index is 463. The molecule has 1 aromatic rings. The highest BCUT2D eigenvalue weighted by molar-refractivity contribution is 5.32. The Labute approximate surface area is 128 Å². The highest BCUT2D eigenvalue weighted by atomic mass is 16.5. The molecule has 1 aromatic heterocycles. The van der Waals surface area contributed by atoms with Crippen molar-refractivity contribution >= 4 is 0 Å². The Morgan fingerprint density at radius 1 is 1.48 bits per heavy atom. The number of hydrogen-bond acceptors (Lipinski definition) is 4. The second-order valence-electron chi connectivity index (χ2n) is 6.51. The van der Waals surface area contributed by atoms with Crippen molar-refractivity contribution in [3.05, 3.63) is 24.0 Å². The molecule has 1 aliphatic rings. The summed E-state index contributed by atoms with van der Waals surface area (Å²) < 4.78 is 5.55. The maximum atomic E-state index is 5.55. The molecule has 0 amide bonds. The van der Waals surface area contributed by atoms with Crippen LogP contribution >= 0.6 is 0 Å². The molecule has 0 bridgehead atoms. The molecule has 1 fully saturated rings. The fourth-order valence-corrected chi connectivity index (χ4v) is 3.94. The van der Waals surface area contributed by atoms with E-state index < -0.39 is 0 Å². The summed E-state index contributed by atoms with van der Waals surface area (Å²) in [6, 6.07) is 4.11. The van der Waals surface area contributed by atoms with Gasteiger partial charge in [0.1, 0.15) is 11.4 Å². The van der Waals surface area contributed by atoms with Gasteiger partial charge in [0.15, 0.2) is 0 Å². The van der Waals surface area contributed by atoms with E-state index in [1.165, 1.54) is 25.7 Å². The van der Waals surface area contributed by atoms with E-state index in [1.807, 2.05) is 25.4 Å². The van der Waals surface area contributed by atoms with Crippen molar-refractivity contribution in [3.63, 3.8) is 0 Å². The van der Waals surface area contributed by atoms with Crippen molar-refractivity contribution in [1.29, 1.82) is 0 Å². The highest BCUT2D eigenvalue weighted by Crippen LogP contribution is 2.45. The van der Waals surface area contributed by atoms with E-state index in [-0.39, 0.29) is 11.6 Å². The van der Waals surface area contributed by atoms with Crippen LogP contribution in [0.3, 0.4) is 0 Å². The molecule has 3 atom stereocenters. The van der Waals surface area contributed by atoms with Gasteiger partial charge in [-0.2, -0.15) is 0 Å². The maximum absolute atomic E-state index is 5.55. The van der Waals surface area contributed by atoms with Crippen LogP contribution in [0.1, 0.15) is 44.3 Å². The zero-order valence-electron chi connectivity index (χ0n) is 14.0. The van der Waals surface area contributed by atoms with Gasteiger partial charge in [0.05, 0.1) is 13.2 Å². The fourth-order valence-electron chi connectivity index (χ4n) is 3.94. The first-order valence-electron chi connectivity index (χ1n) is 7.88. The first-order valence-corrected chi connectivity index (χ1v) is 7.88. The summed E-state index contributed by atoms with van der Waals surface area (Å²) in [5, 5.41) is 3.52. The van der Waals surface area contributed by atoms with Crippen LogP contribution in [0.4, 0.5) is 0 Å². The SMILES string of the molecule is CNC(c1ncccc1OC)C1(N(C)C)CCCC(C)C1. The van der Waals surface area contributed by atoms with Gasteiger partial charge < -0.3 is 15.0 Å². The smallest absolute Gasteiger partial charge is 0.142 e. The van der Waals surface area contributed by atoms with E-state index in [0.29, 0.717) is 0 Å². The number of rotatable bonds is 5. The molecule has 2 rings (SSSR count). The standard InChI is InChI=1S/C17H29N3O/c1-13-8-6-10-17(12-13,20(3)4)16(18-2)15-14(21-5)9-7-11-19-15/h7,9,11,13,16,18H,6,8,10,12H2,1-5H3. The molecule has 0 saturated heterocycles. The van der Waals surface area contributed by atoms with Crippen molar-refractivity contribution in [2.45, 2.75) is 44.2 Å². The summed E-state index contributed by atoms with van der Waals surface area (Å²) in [4.78, 5) is 7.02. The largest absolute Gasteiger partial charge is 0.495 e. The van der Waals surface area contributed by atoms with E-state index in [4.69, 9.17) is 4.74 Å². The summed E-state index contributed by atoms with van der Waals surface area (Å²) in [6.07, 6.45) is 6.83. The number of nitrogens with zero attached hydrogens (tertiary/aromatic N) is 2. The zero-order valence-corrected chi connectivity index (χ0v) is 14.0. The topological polar surface area (TPSA) is 37.4 Å². The summed E-state index contributed by atoms with van der Waals surface area (Å²) in [7, 11) is 8.14. The Kier molecular flexibility index (Phi) is 5.22. The molecular weight excluding hydrogens is 262 g/mol. The molecule has 3 unspecified atom stereocenters. The number of methoxy groups -OCH3 is 1. The molecule has 4 nitrogen and oxygen atoms in total. The van der Waals surface area contributed by atoms with Crippen LogP contribution in [0.15, 0.2) is 18.3 Å². The lowest BCUT2D eigenvalue weighted by Gasteiger charge is -2.50. The van der Waals surface area contributed by atoms with Crippen molar-refractivity contribution in [2.24, 2.45) is 5.92 Å². The normalized spacial score (nSPS) is 27.6. The minimum Gasteiger partial charge on any atom is -0.495 e. The van der Waals surface area contributed by atoms with E-state index in [9.17, 15) is 0 Å². The lowest BCUT2D eigenvalue weighted by molar-refractivity contribution is 0.0370. The van der Waals surface area contributed by atoms with E-state index in [0.717, 1.165) is 17.4 Å². The molecule has 0 aromatic carbocycles. The maximum Gasteiger partial charge on any atom is 0.142 e. The number of ether oxygens (including phenoxy) is 1. The van der Waals surface area contributed by atoms with Crippen LogP contribution in [0, 0.1) is 5.92 Å². The summed E-state index contributed by atoms with van der Waals surface area (Å²) in [5.74, 6) is 1.61. The van der Waals surface area contributed by atoms with Crippen molar-refractivity contribution in [1.82, 2.24) is 15.2 Å². The van der Waals surface area contributed by atoms with E-state index in [1.54, 1.807) is 7.11 Å². The molecule has 21 heavy (non-hydrogen) atoms. The van der Waals surface area contributed by atoms with Crippen LogP contribution < -0.4 is 10.1 Å². The molecule has 0 radical (unpaired) electrons. The van der Waals surface area contributed by atoms with Crippen molar-refractivity contribution < 1.29 is 4.74 Å². The van der Waals surface area contributed by atoms with Gasteiger partial charge >= 0.3 is 0 Å². The molecule has 1 heterocycles. The third kappa shape index (κ3) is 3.06. The molecule has 4 heteroatoms. The molecule has 0 aliphatic heterocycles. The third-order valence-electron chi connectivity index (χ3n) is 5.02. The Morgan fingerprint density at radius 2 is 2.24 bits per heavy atom. The number of hydrogen-bond donors (Lipinski definition) is 1. The predicted octanol–water partition coefficient (Wildman–Crippen LogP) is 2.86. The second kappa shape index (κ2) is 6.75. The fraction of sp³-hybridized carbons (Fsp3) is 0.706. The Balaban J connectivity index is 2.45. The van der Waals surface area contributed by atoms with Crippen LogP contribution in [-0.2, 0) is 0 Å². The van der Waals surface area contributed by atoms with Crippen LogP contribution in [0.25, 0.3) is 0 Å². The Morgan fingerprint density at radius 3 is 2.81 bits per heavy atom. The first-order chi connectivity index (χ1) is 10.0. The van der Waals surface area contributed by atoms with Crippen LogP contribution in [0.5, 0.6) is 5.75 Å². The van der Waals surface area contributed by atoms with Gasteiger partial charge in [-0.1, -0.05) is 19.8 Å². The molecule has 1 N–H and O–H groups in total. The first kappa shape index (κ1) is 16.2. The van der Waals surface area contributed by atoms with Crippen molar-refractivity contribution in [2.75, 3.05) is 28.3 Å². The number of likely N-dealkylation sites (N-methyl/N-ethyl adjacent to an activating group) is 2. The third-order valence-corrected chi connectivity index (χ3v) is 5.02. The molecule has 0 spiro atoms. The van der Waals surface area contributed by atoms with Gasteiger partial charge in [-0.15, -0.1) is 0 Å². The predicted molar refractivity (Wildman–Crippen MR) is 86.6 cm³/mol. The molecule has 1 saturated carbocycles. The minimum atomic E-state index is 0.0913. The van der Waals surface area contributed by atoms with Gasteiger partial charge in [0, 0.05) is 11.7 Å². The summed E-state index contributed by atoms with van der Waals surface area (Å²) in [6.45, 7) is 2.36. The van der Waals surface area contributed by atoms with Gasteiger partial charge in [0.25, 0.3) is 0 Å². The van der Waals surface area contributed by atoms with Gasteiger partial charge in [0.2, 0.25) is 0 Å². The lowest BCUT2D eigenvalue weighted by Crippen LogP contribution is -2.55. The van der Waals surface area contributed by atoms with Gasteiger partial charge in [-0.05, 0) is 52.0 Å². The Hall–Kier alpha value is -1.13. The average molecular weight is 291 g/mol. The zero-order chi connectivity index (χ0) is 15.5. The van der Waals surface area contributed by atoms with Gasteiger partial charge in [-0.25, -0.2) is 0 Å². The summed E-state index contributed by atoms with van der Waals surface area (Å²) >= 11 is 0. The van der Waals surface area contributed by atoms with Crippen LogP contribution in [0.2, 0.25) is 0 Å². The monoisotopic (exact) mass is 291 g/mol. The second-order valence-corrected chi connectivity index (χ2v) is 6.51. The van der Waals surface area contributed by atoms with E-state index >= 15 is 0 Å². The summed E-state index contributed by atoms with van der Waals surface area (Å²) in [5.41, 5.74) is 1.11. The average Bonchev–Trinajstić information content (AvgIpc) is 2.48. The molecule has 1 aliphatic carbocycles.